The fourth-order valence-electron chi connectivity index (χ4n) is 4.31. The SMILES string of the molecule is O=C1[C@@H]2[C@H](C(=O)N1c1nn(Cc3ccccc3)cc1Cl)[C@@H]1CC[C@@H]2O1. The number of carbonyl (C=O) groups excluding carboxylic acids is 2. The first-order chi connectivity index (χ1) is 12.1. The molecule has 3 fully saturated rings. The highest BCUT2D eigenvalue weighted by Crippen LogP contribution is 2.49. The van der Waals surface area contributed by atoms with E-state index in [1.54, 1.807) is 10.9 Å². The van der Waals surface area contributed by atoms with Gasteiger partial charge in [-0.3, -0.25) is 14.3 Å². The minimum absolute atomic E-state index is 0.137. The van der Waals surface area contributed by atoms with Crippen LogP contribution >= 0.6 is 11.6 Å². The van der Waals surface area contributed by atoms with E-state index < -0.39 is 0 Å². The molecule has 2 aromatic rings. The number of halogens is 1. The maximum Gasteiger partial charge on any atom is 0.241 e. The number of ether oxygens (including phenoxy) is 1. The third-order valence-corrected chi connectivity index (χ3v) is 5.65. The second kappa shape index (κ2) is 5.41. The summed E-state index contributed by atoms with van der Waals surface area (Å²) in [5.74, 6) is -0.965. The fraction of sp³-hybridized carbons (Fsp3) is 0.389. The molecule has 0 unspecified atom stereocenters. The van der Waals surface area contributed by atoms with Gasteiger partial charge in [-0.25, -0.2) is 4.90 Å². The van der Waals surface area contributed by atoms with Gasteiger partial charge in [0, 0.05) is 6.20 Å². The smallest absolute Gasteiger partial charge is 0.241 e. The zero-order valence-corrected chi connectivity index (χ0v) is 14.1. The number of fused-ring (bicyclic) bond motifs is 5. The molecule has 4 atom stereocenters. The van der Waals surface area contributed by atoms with Crippen LogP contribution in [-0.4, -0.2) is 33.8 Å². The molecule has 0 spiro atoms. The largest absolute Gasteiger partial charge is 0.373 e. The number of hydrogen-bond acceptors (Lipinski definition) is 4. The molecule has 0 N–H and O–H groups in total. The van der Waals surface area contributed by atoms with Gasteiger partial charge in [0.2, 0.25) is 11.8 Å². The fourth-order valence-corrected chi connectivity index (χ4v) is 4.55. The molecule has 0 aliphatic carbocycles. The van der Waals surface area contributed by atoms with Gasteiger partial charge in [-0.1, -0.05) is 41.9 Å². The van der Waals surface area contributed by atoms with Crippen LogP contribution in [0.5, 0.6) is 0 Å². The lowest BCUT2D eigenvalue weighted by molar-refractivity contribution is -0.124. The first-order valence-electron chi connectivity index (χ1n) is 8.43. The van der Waals surface area contributed by atoms with Crippen LogP contribution < -0.4 is 4.90 Å². The Labute approximate surface area is 149 Å². The van der Waals surface area contributed by atoms with Gasteiger partial charge in [0.15, 0.2) is 5.82 Å². The van der Waals surface area contributed by atoms with E-state index in [-0.39, 0.29) is 41.7 Å². The van der Waals surface area contributed by atoms with Crippen molar-refractivity contribution < 1.29 is 14.3 Å². The average molecular weight is 358 g/mol. The topological polar surface area (TPSA) is 64.4 Å². The van der Waals surface area contributed by atoms with Crippen molar-refractivity contribution in [3.63, 3.8) is 0 Å². The van der Waals surface area contributed by atoms with Gasteiger partial charge in [0.1, 0.15) is 5.02 Å². The van der Waals surface area contributed by atoms with E-state index in [9.17, 15) is 9.59 Å². The molecule has 3 aliphatic rings. The Balaban J connectivity index is 1.46. The van der Waals surface area contributed by atoms with Crippen molar-refractivity contribution in [2.45, 2.75) is 31.6 Å². The number of anilines is 1. The number of nitrogens with zero attached hydrogens (tertiary/aromatic N) is 3. The van der Waals surface area contributed by atoms with E-state index in [2.05, 4.69) is 5.10 Å². The molecule has 2 amide bonds. The number of hydrogen-bond donors (Lipinski definition) is 0. The molecule has 0 saturated carbocycles. The molecule has 4 heterocycles. The van der Waals surface area contributed by atoms with Crippen molar-refractivity contribution in [2.24, 2.45) is 11.8 Å². The molecule has 1 aromatic carbocycles. The standard InChI is InChI=1S/C18H16ClN3O3/c19-11-9-21(8-10-4-2-1-3-5-10)20-16(11)22-17(23)14-12-6-7-13(25-12)15(14)18(22)24/h1-5,9,12-15H,6-8H2/t12-,13-,14-,15+/m0/s1. The van der Waals surface area contributed by atoms with Crippen LogP contribution in [0, 0.1) is 11.8 Å². The number of rotatable bonds is 3. The normalized spacial score (nSPS) is 30.4. The quantitative estimate of drug-likeness (QED) is 0.790. The van der Waals surface area contributed by atoms with Gasteiger partial charge < -0.3 is 4.74 Å². The number of aromatic nitrogens is 2. The molecule has 1 aromatic heterocycles. The first kappa shape index (κ1) is 15.1. The molecular formula is C18H16ClN3O3. The predicted octanol–water partition coefficient (Wildman–Crippen LogP) is 2.25. The first-order valence-corrected chi connectivity index (χ1v) is 8.81. The average Bonchev–Trinajstić information content (AvgIpc) is 3.34. The molecule has 6 nitrogen and oxygen atoms in total. The third-order valence-electron chi connectivity index (χ3n) is 5.38. The number of imide groups is 1. The van der Waals surface area contributed by atoms with Crippen LogP contribution in [0.3, 0.4) is 0 Å². The summed E-state index contributed by atoms with van der Waals surface area (Å²) in [5.41, 5.74) is 1.07. The molecule has 2 bridgehead atoms. The van der Waals surface area contributed by atoms with E-state index in [1.165, 1.54) is 4.90 Å². The maximum atomic E-state index is 12.8. The van der Waals surface area contributed by atoms with Crippen molar-refractivity contribution in [1.82, 2.24) is 9.78 Å². The van der Waals surface area contributed by atoms with E-state index >= 15 is 0 Å². The summed E-state index contributed by atoms with van der Waals surface area (Å²) >= 11 is 6.31. The highest BCUT2D eigenvalue weighted by molar-refractivity contribution is 6.35. The summed E-state index contributed by atoms with van der Waals surface area (Å²) in [5, 5.41) is 4.72. The minimum atomic E-state index is -0.374. The molecular weight excluding hydrogens is 342 g/mol. The van der Waals surface area contributed by atoms with E-state index in [0.717, 1.165) is 18.4 Å². The molecule has 0 radical (unpaired) electrons. The van der Waals surface area contributed by atoms with Crippen molar-refractivity contribution in [3.8, 4) is 0 Å². The predicted molar refractivity (Wildman–Crippen MR) is 90.1 cm³/mol. The lowest BCUT2D eigenvalue weighted by Crippen LogP contribution is -2.34. The van der Waals surface area contributed by atoms with Gasteiger partial charge in [-0.15, -0.1) is 0 Å². The van der Waals surface area contributed by atoms with Crippen molar-refractivity contribution in [3.05, 3.63) is 47.1 Å². The number of amides is 2. The molecule has 3 aliphatic heterocycles. The van der Waals surface area contributed by atoms with Crippen LogP contribution in [0.25, 0.3) is 0 Å². The molecule has 25 heavy (non-hydrogen) atoms. The molecule has 5 rings (SSSR count). The Morgan fingerprint density at radius 3 is 2.36 bits per heavy atom. The van der Waals surface area contributed by atoms with Crippen LogP contribution in [0.15, 0.2) is 36.5 Å². The molecule has 128 valence electrons. The Kier molecular flexibility index (Phi) is 3.27. The zero-order valence-electron chi connectivity index (χ0n) is 13.3. The van der Waals surface area contributed by atoms with Crippen LogP contribution in [-0.2, 0) is 20.9 Å². The lowest BCUT2D eigenvalue weighted by atomic mass is 9.81. The Morgan fingerprint density at radius 2 is 1.72 bits per heavy atom. The monoisotopic (exact) mass is 357 g/mol. The second-order valence-electron chi connectivity index (χ2n) is 6.84. The summed E-state index contributed by atoms with van der Waals surface area (Å²) in [6.07, 6.45) is 3.07. The van der Waals surface area contributed by atoms with Crippen LogP contribution in [0.2, 0.25) is 5.02 Å². The summed E-state index contributed by atoms with van der Waals surface area (Å²) in [4.78, 5) is 26.8. The van der Waals surface area contributed by atoms with Gasteiger partial charge in [0.25, 0.3) is 0 Å². The van der Waals surface area contributed by atoms with E-state index in [0.29, 0.717) is 11.6 Å². The Hall–Kier alpha value is -2.18. The highest BCUT2D eigenvalue weighted by atomic mass is 35.5. The summed E-state index contributed by atoms with van der Waals surface area (Å²) in [6, 6.07) is 9.82. The van der Waals surface area contributed by atoms with Crippen LogP contribution in [0.4, 0.5) is 5.82 Å². The van der Waals surface area contributed by atoms with Crippen LogP contribution in [0.1, 0.15) is 18.4 Å². The Bertz CT molecular complexity index is 838. The van der Waals surface area contributed by atoms with Gasteiger partial charge in [-0.2, -0.15) is 5.10 Å². The van der Waals surface area contributed by atoms with Crippen molar-refractivity contribution >= 4 is 29.2 Å². The molecule has 7 heteroatoms. The van der Waals surface area contributed by atoms with Gasteiger partial charge in [0.05, 0.1) is 30.6 Å². The summed E-state index contributed by atoms with van der Waals surface area (Å²) in [7, 11) is 0. The highest BCUT2D eigenvalue weighted by Gasteiger charge is 2.63. The number of benzene rings is 1. The lowest BCUT2D eigenvalue weighted by Gasteiger charge is -2.15. The summed E-state index contributed by atoms with van der Waals surface area (Å²) < 4.78 is 7.41. The van der Waals surface area contributed by atoms with E-state index in [4.69, 9.17) is 16.3 Å². The number of carbonyl (C=O) groups is 2. The van der Waals surface area contributed by atoms with E-state index in [1.807, 2.05) is 30.3 Å². The zero-order chi connectivity index (χ0) is 17.1. The van der Waals surface area contributed by atoms with Gasteiger partial charge >= 0.3 is 0 Å². The van der Waals surface area contributed by atoms with Crippen molar-refractivity contribution in [2.75, 3.05) is 4.90 Å². The summed E-state index contributed by atoms with van der Waals surface area (Å²) in [6.45, 7) is 0.526. The molecule has 3 saturated heterocycles. The third kappa shape index (κ3) is 2.17. The minimum Gasteiger partial charge on any atom is -0.373 e. The van der Waals surface area contributed by atoms with Crippen molar-refractivity contribution in [1.29, 1.82) is 0 Å². The Morgan fingerprint density at radius 1 is 1.08 bits per heavy atom. The van der Waals surface area contributed by atoms with Gasteiger partial charge in [-0.05, 0) is 18.4 Å². The maximum absolute atomic E-state index is 12.8. The second-order valence-corrected chi connectivity index (χ2v) is 7.24.